The molecule has 2 aromatic rings. The predicted molar refractivity (Wildman–Crippen MR) is 111 cm³/mol. The van der Waals surface area contributed by atoms with Gasteiger partial charge in [-0.1, -0.05) is 24.3 Å². The summed E-state index contributed by atoms with van der Waals surface area (Å²) in [5, 5.41) is 2.73. The predicted octanol–water partition coefficient (Wildman–Crippen LogP) is 3.08. The molecule has 1 N–H and O–H groups in total. The van der Waals surface area contributed by atoms with E-state index in [0.29, 0.717) is 43.2 Å². The molecule has 30 heavy (non-hydrogen) atoms. The Bertz CT molecular complexity index is 903. The fourth-order valence-corrected chi connectivity index (χ4v) is 3.35. The van der Waals surface area contributed by atoms with Gasteiger partial charge in [0.2, 0.25) is 11.8 Å². The number of hydrogen-bond donors (Lipinski definition) is 1. The summed E-state index contributed by atoms with van der Waals surface area (Å²) >= 11 is 0. The first kappa shape index (κ1) is 21.6. The normalized spacial score (nSPS) is 13.4. The van der Waals surface area contributed by atoms with Crippen molar-refractivity contribution >= 4 is 11.8 Å². The van der Waals surface area contributed by atoms with Crippen LogP contribution in [0.1, 0.15) is 31.4 Å². The van der Waals surface area contributed by atoms with E-state index in [9.17, 15) is 14.0 Å². The number of rotatable bonds is 8. The zero-order valence-corrected chi connectivity index (χ0v) is 17.3. The smallest absolute Gasteiger partial charge is 0.242 e. The molecule has 1 aliphatic heterocycles. The standard InChI is InChI=1S/C23H27FN2O4/c1-3-25-23(28)16(2)26(15-18-6-4-5-7-19(18)24)22(27)11-9-17-8-10-20-21(14-17)30-13-12-29-20/h4-8,10,14,16H,3,9,11-13,15H2,1-2H3,(H,25,28)/t16-/m0/s1. The highest BCUT2D eigenvalue weighted by molar-refractivity contribution is 5.87. The van der Waals surface area contributed by atoms with Crippen molar-refractivity contribution in [2.24, 2.45) is 0 Å². The van der Waals surface area contributed by atoms with Crippen molar-refractivity contribution in [1.29, 1.82) is 0 Å². The number of benzene rings is 2. The lowest BCUT2D eigenvalue weighted by Gasteiger charge is -2.29. The van der Waals surface area contributed by atoms with E-state index in [1.807, 2.05) is 25.1 Å². The van der Waals surface area contributed by atoms with Gasteiger partial charge in [-0.2, -0.15) is 0 Å². The Balaban J connectivity index is 1.72. The fourth-order valence-electron chi connectivity index (χ4n) is 3.35. The summed E-state index contributed by atoms with van der Waals surface area (Å²) in [4.78, 5) is 26.8. The molecule has 0 aliphatic carbocycles. The van der Waals surface area contributed by atoms with E-state index in [0.717, 1.165) is 5.56 Å². The highest BCUT2D eigenvalue weighted by atomic mass is 19.1. The minimum atomic E-state index is -0.711. The summed E-state index contributed by atoms with van der Waals surface area (Å²) in [7, 11) is 0. The Labute approximate surface area is 176 Å². The van der Waals surface area contributed by atoms with Crippen LogP contribution in [-0.4, -0.2) is 42.5 Å². The van der Waals surface area contributed by atoms with Gasteiger partial charge in [-0.25, -0.2) is 4.39 Å². The van der Waals surface area contributed by atoms with Gasteiger partial charge in [-0.15, -0.1) is 0 Å². The quantitative estimate of drug-likeness (QED) is 0.721. The Morgan fingerprint density at radius 1 is 1.13 bits per heavy atom. The Morgan fingerprint density at radius 2 is 1.87 bits per heavy atom. The summed E-state index contributed by atoms with van der Waals surface area (Å²) in [6.07, 6.45) is 0.670. The van der Waals surface area contributed by atoms with E-state index >= 15 is 0 Å². The van der Waals surface area contributed by atoms with Crippen molar-refractivity contribution in [3.8, 4) is 11.5 Å². The molecule has 1 aliphatic rings. The van der Waals surface area contributed by atoms with Crippen LogP contribution in [0.25, 0.3) is 0 Å². The molecule has 1 atom stereocenters. The van der Waals surface area contributed by atoms with Crippen LogP contribution < -0.4 is 14.8 Å². The second-order valence-electron chi connectivity index (χ2n) is 7.16. The first-order valence-corrected chi connectivity index (χ1v) is 10.2. The van der Waals surface area contributed by atoms with Crippen LogP contribution in [0.15, 0.2) is 42.5 Å². The van der Waals surface area contributed by atoms with Crippen LogP contribution in [0, 0.1) is 5.82 Å². The second kappa shape index (κ2) is 10.1. The summed E-state index contributed by atoms with van der Waals surface area (Å²) in [5.41, 5.74) is 1.31. The average Bonchev–Trinajstić information content (AvgIpc) is 2.76. The molecule has 6 nitrogen and oxygen atoms in total. The summed E-state index contributed by atoms with van der Waals surface area (Å²) in [5.74, 6) is 0.492. The van der Waals surface area contributed by atoms with Crippen molar-refractivity contribution in [2.75, 3.05) is 19.8 Å². The van der Waals surface area contributed by atoms with E-state index in [4.69, 9.17) is 9.47 Å². The molecule has 0 radical (unpaired) electrons. The molecule has 0 saturated carbocycles. The Kier molecular flexibility index (Phi) is 7.27. The molecule has 0 bridgehead atoms. The zero-order valence-electron chi connectivity index (χ0n) is 17.3. The summed E-state index contributed by atoms with van der Waals surface area (Å²) in [6, 6.07) is 11.2. The monoisotopic (exact) mass is 414 g/mol. The molecule has 2 aromatic carbocycles. The van der Waals surface area contributed by atoms with Crippen molar-refractivity contribution in [1.82, 2.24) is 10.2 Å². The number of ether oxygens (including phenoxy) is 2. The highest BCUT2D eigenvalue weighted by Crippen LogP contribution is 2.31. The van der Waals surface area contributed by atoms with Crippen molar-refractivity contribution < 1.29 is 23.5 Å². The molecular formula is C23H27FN2O4. The number of likely N-dealkylation sites (N-methyl/N-ethyl adjacent to an activating group) is 1. The third kappa shape index (κ3) is 5.28. The maximum atomic E-state index is 14.2. The topological polar surface area (TPSA) is 67.9 Å². The number of halogens is 1. The molecule has 0 spiro atoms. The minimum absolute atomic E-state index is 0.0327. The van der Waals surface area contributed by atoms with E-state index in [1.54, 1.807) is 25.1 Å². The first-order chi connectivity index (χ1) is 14.5. The molecule has 7 heteroatoms. The molecule has 1 heterocycles. The number of aryl methyl sites for hydroxylation is 1. The summed E-state index contributed by atoms with van der Waals surface area (Å²) in [6.45, 7) is 4.99. The third-order valence-corrected chi connectivity index (χ3v) is 5.05. The molecular weight excluding hydrogens is 387 g/mol. The summed E-state index contributed by atoms with van der Waals surface area (Å²) < 4.78 is 25.3. The fraction of sp³-hybridized carbons (Fsp3) is 0.391. The van der Waals surface area contributed by atoms with Gasteiger partial charge in [0.05, 0.1) is 0 Å². The second-order valence-corrected chi connectivity index (χ2v) is 7.16. The van der Waals surface area contributed by atoms with E-state index in [-0.39, 0.29) is 24.8 Å². The highest BCUT2D eigenvalue weighted by Gasteiger charge is 2.26. The average molecular weight is 414 g/mol. The van der Waals surface area contributed by atoms with E-state index < -0.39 is 11.9 Å². The molecule has 0 saturated heterocycles. The van der Waals surface area contributed by atoms with Crippen molar-refractivity contribution in [2.45, 2.75) is 39.3 Å². The van der Waals surface area contributed by atoms with Crippen molar-refractivity contribution in [3.63, 3.8) is 0 Å². The lowest BCUT2D eigenvalue weighted by Crippen LogP contribution is -2.47. The van der Waals surface area contributed by atoms with Crippen LogP contribution >= 0.6 is 0 Å². The van der Waals surface area contributed by atoms with Crippen LogP contribution in [0.2, 0.25) is 0 Å². The minimum Gasteiger partial charge on any atom is -0.486 e. The van der Waals surface area contributed by atoms with Crippen LogP contribution in [0.4, 0.5) is 4.39 Å². The lowest BCUT2D eigenvalue weighted by molar-refractivity contribution is -0.140. The number of nitrogens with zero attached hydrogens (tertiary/aromatic N) is 1. The molecule has 3 rings (SSSR count). The van der Waals surface area contributed by atoms with Crippen LogP contribution in [0.3, 0.4) is 0 Å². The largest absolute Gasteiger partial charge is 0.486 e. The lowest BCUT2D eigenvalue weighted by atomic mass is 10.1. The number of amides is 2. The van der Waals surface area contributed by atoms with E-state index in [1.165, 1.54) is 11.0 Å². The van der Waals surface area contributed by atoms with Gasteiger partial charge in [0, 0.05) is 25.1 Å². The Hall–Kier alpha value is -3.09. The number of nitrogens with one attached hydrogen (secondary N) is 1. The maximum absolute atomic E-state index is 14.2. The number of fused-ring (bicyclic) bond motifs is 1. The van der Waals surface area contributed by atoms with Gasteiger partial charge < -0.3 is 19.7 Å². The molecule has 0 fully saturated rings. The number of carbonyl (C=O) groups is 2. The Morgan fingerprint density at radius 3 is 2.60 bits per heavy atom. The number of carbonyl (C=O) groups excluding carboxylic acids is 2. The van der Waals surface area contributed by atoms with Gasteiger partial charge in [0.15, 0.2) is 11.5 Å². The van der Waals surface area contributed by atoms with Crippen LogP contribution in [0.5, 0.6) is 11.5 Å². The van der Waals surface area contributed by atoms with Gasteiger partial charge in [0.1, 0.15) is 25.1 Å². The van der Waals surface area contributed by atoms with Gasteiger partial charge in [0.25, 0.3) is 0 Å². The maximum Gasteiger partial charge on any atom is 0.242 e. The van der Waals surface area contributed by atoms with Crippen LogP contribution in [-0.2, 0) is 22.6 Å². The zero-order chi connectivity index (χ0) is 21.5. The van der Waals surface area contributed by atoms with Gasteiger partial charge in [-0.3, -0.25) is 9.59 Å². The molecule has 160 valence electrons. The molecule has 0 aromatic heterocycles. The third-order valence-electron chi connectivity index (χ3n) is 5.05. The van der Waals surface area contributed by atoms with Crippen molar-refractivity contribution in [3.05, 3.63) is 59.4 Å². The van der Waals surface area contributed by atoms with E-state index in [2.05, 4.69) is 5.32 Å². The molecule has 0 unspecified atom stereocenters. The van der Waals surface area contributed by atoms with Gasteiger partial charge >= 0.3 is 0 Å². The number of hydrogen-bond acceptors (Lipinski definition) is 4. The first-order valence-electron chi connectivity index (χ1n) is 10.2. The molecule has 2 amide bonds. The van der Waals surface area contributed by atoms with Gasteiger partial charge in [-0.05, 0) is 44.0 Å². The SMILES string of the molecule is CCNC(=O)[C@H](C)N(Cc1ccccc1F)C(=O)CCc1ccc2c(c1)OCCO2.